The van der Waals surface area contributed by atoms with Crippen LogP contribution >= 0.6 is 27.5 Å². The molecule has 27 heavy (non-hydrogen) atoms. The van der Waals surface area contributed by atoms with Gasteiger partial charge in [-0.1, -0.05) is 50.9 Å². The second kappa shape index (κ2) is 7.28. The van der Waals surface area contributed by atoms with Gasteiger partial charge in [0.05, 0.1) is 5.02 Å². The van der Waals surface area contributed by atoms with E-state index >= 15 is 0 Å². The molecule has 9 heteroatoms. The highest BCUT2D eigenvalue weighted by Gasteiger charge is 2.19. The summed E-state index contributed by atoms with van der Waals surface area (Å²) < 4.78 is 35.8. The summed E-state index contributed by atoms with van der Waals surface area (Å²) in [4.78, 5) is 7.48. The van der Waals surface area contributed by atoms with Crippen molar-refractivity contribution in [3.63, 3.8) is 0 Å². The number of aromatic amines is 1. The van der Waals surface area contributed by atoms with Crippen LogP contribution < -0.4 is 4.74 Å². The molecular formula is C18H11BrClF2N3O2. The summed E-state index contributed by atoms with van der Waals surface area (Å²) in [6.07, 6.45) is 0.176. The van der Waals surface area contributed by atoms with Crippen molar-refractivity contribution < 1.29 is 18.0 Å². The van der Waals surface area contributed by atoms with E-state index in [1.807, 2.05) is 18.2 Å². The van der Waals surface area contributed by atoms with Crippen LogP contribution in [0.5, 0.6) is 5.75 Å². The number of halogens is 4. The van der Waals surface area contributed by atoms with E-state index < -0.39 is 6.61 Å². The van der Waals surface area contributed by atoms with E-state index in [4.69, 9.17) is 16.1 Å². The van der Waals surface area contributed by atoms with Gasteiger partial charge in [-0.15, -0.1) is 0 Å². The van der Waals surface area contributed by atoms with E-state index in [1.54, 1.807) is 18.2 Å². The van der Waals surface area contributed by atoms with Gasteiger partial charge in [0.2, 0.25) is 0 Å². The number of nitrogens with one attached hydrogen (secondary N) is 1. The van der Waals surface area contributed by atoms with E-state index in [0.29, 0.717) is 22.1 Å². The van der Waals surface area contributed by atoms with E-state index in [2.05, 4.69) is 35.8 Å². The molecule has 0 saturated carbocycles. The molecule has 4 rings (SSSR count). The quantitative estimate of drug-likeness (QED) is 0.412. The van der Waals surface area contributed by atoms with E-state index in [1.165, 1.54) is 6.07 Å². The van der Waals surface area contributed by atoms with Crippen molar-refractivity contribution in [3.8, 4) is 17.3 Å². The van der Waals surface area contributed by atoms with Gasteiger partial charge in [-0.2, -0.15) is 13.8 Å². The molecule has 0 fully saturated rings. The van der Waals surface area contributed by atoms with Gasteiger partial charge in [0, 0.05) is 27.4 Å². The van der Waals surface area contributed by atoms with Crippen LogP contribution in [0.3, 0.4) is 0 Å². The first-order chi connectivity index (χ1) is 13.0. The largest absolute Gasteiger partial charge is 0.435 e. The lowest BCUT2D eigenvalue weighted by molar-refractivity contribution is -0.0504. The molecule has 0 spiro atoms. The van der Waals surface area contributed by atoms with Crippen molar-refractivity contribution in [3.05, 3.63) is 63.3 Å². The number of ether oxygens (including phenoxy) is 1. The molecule has 5 nitrogen and oxygen atoms in total. The first-order valence-electron chi connectivity index (χ1n) is 7.83. The lowest BCUT2D eigenvalue weighted by Gasteiger charge is -2.08. The van der Waals surface area contributed by atoms with Crippen LogP contribution in [0.4, 0.5) is 8.78 Å². The van der Waals surface area contributed by atoms with Gasteiger partial charge < -0.3 is 14.2 Å². The molecule has 4 aromatic rings. The number of hydrogen-bond donors (Lipinski definition) is 1. The second-order valence-electron chi connectivity index (χ2n) is 5.68. The Kier molecular flexibility index (Phi) is 4.84. The van der Waals surface area contributed by atoms with Crippen LogP contribution in [0.2, 0.25) is 5.02 Å². The summed E-state index contributed by atoms with van der Waals surface area (Å²) in [6, 6.07) is 12.1. The highest BCUT2D eigenvalue weighted by molar-refractivity contribution is 9.10. The highest BCUT2D eigenvalue weighted by atomic mass is 79.9. The third kappa shape index (κ3) is 3.68. The number of alkyl halides is 2. The molecule has 0 aliphatic carbocycles. The summed E-state index contributed by atoms with van der Waals surface area (Å²) in [5.41, 5.74) is 1.85. The predicted molar refractivity (Wildman–Crippen MR) is 100 cm³/mol. The summed E-state index contributed by atoms with van der Waals surface area (Å²) in [5, 5.41) is 5.20. The number of fused-ring (bicyclic) bond motifs is 1. The average molecular weight is 455 g/mol. The Balaban J connectivity index is 1.64. The molecule has 2 heterocycles. The maximum Gasteiger partial charge on any atom is 0.387 e. The zero-order valence-electron chi connectivity index (χ0n) is 13.5. The van der Waals surface area contributed by atoms with Gasteiger partial charge in [0.1, 0.15) is 11.4 Å². The molecule has 0 bridgehead atoms. The van der Waals surface area contributed by atoms with Crippen molar-refractivity contribution in [2.45, 2.75) is 13.0 Å². The summed E-state index contributed by atoms with van der Waals surface area (Å²) in [6.45, 7) is -2.91. The third-order valence-corrected chi connectivity index (χ3v) is 4.80. The third-order valence-electron chi connectivity index (χ3n) is 3.92. The van der Waals surface area contributed by atoms with Gasteiger partial charge in [-0.3, -0.25) is 0 Å². The van der Waals surface area contributed by atoms with Crippen LogP contribution in [0.25, 0.3) is 22.5 Å². The lowest BCUT2D eigenvalue weighted by Crippen LogP contribution is -2.05. The number of H-pyrrole nitrogens is 1. The van der Waals surface area contributed by atoms with Gasteiger partial charge >= 0.3 is 6.61 Å². The summed E-state index contributed by atoms with van der Waals surface area (Å²) in [5.74, 6) is 0.619. The van der Waals surface area contributed by atoms with E-state index in [-0.39, 0.29) is 18.1 Å². The second-order valence-corrected chi connectivity index (χ2v) is 6.98. The molecule has 2 aromatic heterocycles. The molecule has 0 atom stereocenters. The monoisotopic (exact) mass is 453 g/mol. The Hall–Kier alpha value is -2.45. The fourth-order valence-corrected chi connectivity index (χ4v) is 3.38. The molecular weight excluding hydrogens is 444 g/mol. The normalized spacial score (nSPS) is 11.4. The predicted octanol–water partition coefficient (Wildman–Crippen LogP) is 5.83. The molecule has 0 amide bonds. The van der Waals surface area contributed by atoms with Crippen LogP contribution in [0.1, 0.15) is 11.4 Å². The lowest BCUT2D eigenvalue weighted by atomic mass is 10.1. The fourth-order valence-electron chi connectivity index (χ4n) is 2.74. The van der Waals surface area contributed by atoms with Gasteiger partial charge in [0.25, 0.3) is 5.89 Å². The average Bonchev–Trinajstić information content (AvgIpc) is 3.21. The Morgan fingerprint density at radius 2 is 2.04 bits per heavy atom. The van der Waals surface area contributed by atoms with Crippen molar-refractivity contribution >= 4 is 38.4 Å². The minimum absolute atomic E-state index is 0.0762. The topological polar surface area (TPSA) is 63.9 Å². The first-order valence-corrected chi connectivity index (χ1v) is 9.01. The van der Waals surface area contributed by atoms with Crippen molar-refractivity contribution in [1.29, 1.82) is 0 Å². The summed E-state index contributed by atoms with van der Waals surface area (Å²) >= 11 is 9.84. The maximum atomic E-state index is 12.5. The molecule has 0 aliphatic rings. The SMILES string of the molecule is FC(F)Oc1ccccc1Cc1noc(-c2[nH]c3ccc(Br)cc3c2Cl)n1. The Morgan fingerprint density at radius 3 is 2.85 bits per heavy atom. The van der Waals surface area contributed by atoms with Crippen molar-refractivity contribution in [2.75, 3.05) is 0 Å². The number of benzene rings is 2. The molecule has 0 radical (unpaired) electrons. The minimum Gasteiger partial charge on any atom is -0.435 e. The van der Waals surface area contributed by atoms with Gasteiger partial charge in [-0.25, -0.2) is 0 Å². The highest BCUT2D eigenvalue weighted by Crippen LogP contribution is 2.35. The Morgan fingerprint density at radius 1 is 1.22 bits per heavy atom. The van der Waals surface area contributed by atoms with Crippen molar-refractivity contribution in [2.24, 2.45) is 0 Å². The zero-order valence-corrected chi connectivity index (χ0v) is 15.9. The first kappa shape index (κ1) is 17.9. The smallest absolute Gasteiger partial charge is 0.387 e. The number of para-hydroxylation sites is 1. The van der Waals surface area contributed by atoms with E-state index in [0.717, 1.165) is 15.4 Å². The molecule has 0 unspecified atom stereocenters. The molecule has 1 N–H and O–H groups in total. The number of nitrogens with zero attached hydrogens (tertiary/aromatic N) is 2. The van der Waals surface area contributed by atoms with Gasteiger partial charge in [0.15, 0.2) is 5.82 Å². The molecule has 0 saturated heterocycles. The Bertz CT molecular complexity index is 1110. The number of aromatic nitrogens is 3. The zero-order chi connectivity index (χ0) is 19.0. The maximum absolute atomic E-state index is 12.5. The Labute approximate surface area is 165 Å². The van der Waals surface area contributed by atoms with Crippen molar-refractivity contribution in [1.82, 2.24) is 15.1 Å². The number of rotatable bonds is 5. The fraction of sp³-hybridized carbons (Fsp3) is 0.111. The van der Waals surface area contributed by atoms with Gasteiger partial charge in [-0.05, 0) is 24.3 Å². The molecule has 138 valence electrons. The standard InChI is InChI=1S/C18H11BrClF2N3O2/c19-10-5-6-12-11(8-10)15(20)16(23-12)17-24-14(25-27-17)7-9-3-1-2-4-13(9)26-18(21)22/h1-6,8,18,23H,7H2. The summed E-state index contributed by atoms with van der Waals surface area (Å²) in [7, 11) is 0. The molecule has 2 aromatic carbocycles. The number of hydrogen-bond acceptors (Lipinski definition) is 4. The van der Waals surface area contributed by atoms with Crippen LogP contribution in [0, 0.1) is 0 Å². The minimum atomic E-state index is -2.91. The van der Waals surface area contributed by atoms with Crippen LogP contribution in [0.15, 0.2) is 51.5 Å². The molecule has 0 aliphatic heterocycles. The van der Waals surface area contributed by atoms with Crippen LogP contribution in [-0.4, -0.2) is 21.7 Å². The van der Waals surface area contributed by atoms with E-state index in [9.17, 15) is 8.78 Å². The van der Waals surface area contributed by atoms with Crippen LogP contribution in [-0.2, 0) is 6.42 Å².